The van der Waals surface area contributed by atoms with E-state index in [-0.39, 0.29) is 5.75 Å². The molecule has 0 aliphatic rings. The number of carbonyl (C=O) groups is 1. The molecule has 3 aromatic carbocycles. The zero-order valence-electron chi connectivity index (χ0n) is 16.4. The average Bonchev–Trinajstić information content (AvgIpc) is 3.05. The van der Waals surface area contributed by atoms with Gasteiger partial charge in [-0.2, -0.15) is 0 Å². The first-order valence-electron chi connectivity index (χ1n) is 9.62. The number of amides is 1. The highest BCUT2D eigenvalue weighted by Crippen LogP contribution is 2.28. The summed E-state index contributed by atoms with van der Waals surface area (Å²) >= 11 is 6.24. The number of hydrogen-bond acceptors (Lipinski definition) is 3. The summed E-state index contributed by atoms with van der Waals surface area (Å²) in [7, 11) is 0. The Balaban J connectivity index is 1.34. The molecule has 1 heterocycles. The molecule has 3 N–H and O–H groups in total. The highest BCUT2D eigenvalue weighted by atomic mass is 35.5. The molecule has 1 aromatic heterocycles. The number of hydrogen-bond donors (Lipinski definition) is 3. The number of benzene rings is 3. The number of ether oxygens (including phenoxy) is 1. The molecule has 0 saturated carbocycles. The lowest BCUT2D eigenvalue weighted by molar-refractivity contribution is 0.200. The van der Waals surface area contributed by atoms with E-state index < -0.39 is 6.09 Å². The van der Waals surface area contributed by atoms with E-state index in [2.05, 4.69) is 10.3 Å². The van der Waals surface area contributed by atoms with Gasteiger partial charge in [0.05, 0.1) is 10.5 Å². The topological polar surface area (TPSA) is 74.4 Å². The van der Waals surface area contributed by atoms with E-state index in [0.29, 0.717) is 23.7 Å². The van der Waals surface area contributed by atoms with Crippen LogP contribution in [0.1, 0.15) is 11.3 Å². The predicted octanol–water partition coefficient (Wildman–Crippen LogP) is 5.83. The van der Waals surface area contributed by atoms with E-state index in [9.17, 15) is 9.90 Å². The fourth-order valence-corrected chi connectivity index (χ4v) is 3.75. The molecule has 0 aliphatic carbocycles. The van der Waals surface area contributed by atoms with Crippen molar-refractivity contribution < 1.29 is 14.6 Å². The third kappa shape index (κ3) is 4.26. The number of fused-ring (bicyclic) bond motifs is 1. The molecule has 0 aliphatic heterocycles. The predicted molar refractivity (Wildman–Crippen MR) is 119 cm³/mol. The van der Waals surface area contributed by atoms with Crippen LogP contribution in [-0.2, 0) is 6.42 Å². The number of phenols is 1. The van der Waals surface area contributed by atoms with Gasteiger partial charge in [-0.05, 0) is 60.4 Å². The maximum Gasteiger partial charge on any atom is 0.412 e. The third-order valence-electron chi connectivity index (χ3n) is 4.99. The number of aromatic nitrogens is 1. The molecular formula is C24H21ClN2O3. The number of aromatic hydroxyl groups is 1. The second-order valence-corrected chi connectivity index (χ2v) is 7.44. The van der Waals surface area contributed by atoms with Gasteiger partial charge in [0.1, 0.15) is 11.5 Å². The second kappa shape index (κ2) is 8.51. The van der Waals surface area contributed by atoms with Crippen LogP contribution in [0.25, 0.3) is 22.0 Å². The SMILES string of the molecule is Cc1[nH]c2c(Cl)cccc2c1CCNC(=O)Oc1ccc(-c2cccc(O)c2)cc1. The molecule has 0 bridgehead atoms. The first-order valence-corrected chi connectivity index (χ1v) is 10.00. The van der Waals surface area contributed by atoms with Crippen LogP contribution in [0, 0.1) is 6.92 Å². The Morgan fingerprint density at radius 1 is 1.07 bits per heavy atom. The Hall–Kier alpha value is -3.44. The molecule has 152 valence electrons. The summed E-state index contributed by atoms with van der Waals surface area (Å²) in [6, 6.07) is 19.9. The normalized spacial score (nSPS) is 10.9. The lowest BCUT2D eigenvalue weighted by Gasteiger charge is -2.08. The van der Waals surface area contributed by atoms with Crippen molar-refractivity contribution in [2.24, 2.45) is 0 Å². The van der Waals surface area contributed by atoms with Crippen molar-refractivity contribution in [3.05, 3.63) is 83.0 Å². The number of H-pyrrole nitrogens is 1. The van der Waals surface area contributed by atoms with Crippen LogP contribution in [0.3, 0.4) is 0 Å². The Bertz CT molecular complexity index is 1200. The Morgan fingerprint density at radius 3 is 2.60 bits per heavy atom. The molecule has 0 radical (unpaired) electrons. The molecule has 5 nitrogen and oxygen atoms in total. The van der Waals surface area contributed by atoms with Gasteiger partial charge in [0.2, 0.25) is 0 Å². The van der Waals surface area contributed by atoms with Crippen molar-refractivity contribution in [2.45, 2.75) is 13.3 Å². The minimum atomic E-state index is -0.504. The molecule has 0 fully saturated rings. The van der Waals surface area contributed by atoms with Crippen LogP contribution >= 0.6 is 11.6 Å². The zero-order chi connectivity index (χ0) is 21.1. The van der Waals surface area contributed by atoms with Crippen molar-refractivity contribution in [3.63, 3.8) is 0 Å². The van der Waals surface area contributed by atoms with Crippen LogP contribution in [0.5, 0.6) is 11.5 Å². The molecule has 4 aromatic rings. The molecule has 1 amide bonds. The van der Waals surface area contributed by atoms with Gasteiger partial charge in [0, 0.05) is 17.6 Å². The van der Waals surface area contributed by atoms with E-state index in [1.165, 1.54) is 0 Å². The highest BCUT2D eigenvalue weighted by molar-refractivity contribution is 6.35. The number of phenolic OH excluding ortho intramolecular Hbond substituents is 1. The summed E-state index contributed by atoms with van der Waals surface area (Å²) in [6.07, 6.45) is 0.160. The minimum Gasteiger partial charge on any atom is -0.508 e. The van der Waals surface area contributed by atoms with Crippen molar-refractivity contribution in [1.82, 2.24) is 10.3 Å². The maximum absolute atomic E-state index is 12.1. The van der Waals surface area contributed by atoms with E-state index in [0.717, 1.165) is 33.3 Å². The Morgan fingerprint density at radius 2 is 1.83 bits per heavy atom. The fourth-order valence-electron chi connectivity index (χ4n) is 3.52. The molecule has 0 spiro atoms. The zero-order valence-corrected chi connectivity index (χ0v) is 17.2. The number of aromatic amines is 1. The number of rotatable bonds is 5. The van der Waals surface area contributed by atoms with Gasteiger partial charge >= 0.3 is 6.09 Å². The maximum atomic E-state index is 12.1. The molecular weight excluding hydrogens is 400 g/mol. The van der Waals surface area contributed by atoms with Gasteiger partial charge in [-0.1, -0.05) is 48.0 Å². The fraction of sp³-hybridized carbons (Fsp3) is 0.125. The lowest BCUT2D eigenvalue weighted by Crippen LogP contribution is -2.28. The van der Waals surface area contributed by atoms with Gasteiger partial charge in [0.25, 0.3) is 0 Å². The molecule has 0 saturated heterocycles. The summed E-state index contributed by atoms with van der Waals surface area (Å²) in [5, 5.41) is 14.1. The lowest BCUT2D eigenvalue weighted by atomic mass is 10.1. The van der Waals surface area contributed by atoms with Gasteiger partial charge in [-0.25, -0.2) is 4.79 Å². The smallest absolute Gasteiger partial charge is 0.412 e. The van der Waals surface area contributed by atoms with Gasteiger partial charge < -0.3 is 20.1 Å². The van der Waals surface area contributed by atoms with Crippen LogP contribution in [0.4, 0.5) is 4.79 Å². The Kier molecular flexibility index (Phi) is 5.63. The standard InChI is InChI=1S/C24H21ClN2O3/c1-15-20(21-6-3-7-22(25)23(21)27-15)12-13-26-24(29)30-19-10-8-16(9-11-19)17-4-2-5-18(28)14-17/h2-11,14,27-28H,12-13H2,1H3,(H,26,29). The molecule has 30 heavy (non-hydrogen) atoms. The number of aryl methyl sites for hydroxylation is 1. The summed E-state index contributed by atoms with van der Waals surface area (Å²) in [5.74, 6) is 0.659. The third-order valence-corrected chi connectivity index (χ3v) is 5.31. The number of carbonyl (C=O) groups excluding carboxylic acids is 1. The van der Waals surface area contributed by atoms with Crippen LogP contribution in [0.15, 0.2) is 66.7 Å². The summed E-state index contributed by atoms with van der Waals surface area (Å²) in [6.45, 7) is 2.44. The van der Waals surface area contributed by atoms with Gasteiger partial charge in [-0.15, -0.1) is 0 Å². The molecule has 0 unspecified atom stereocenters. The molecule has 0 atom stereocenters. The number of halogens is 1. The monoisotopic (exact) mass is 420 g/mol. The largest absolute Gasteiger partial charge is 0.508 e. The van der Waals surface area contributed by atoms with Crippen LogP contribution in [-0.4, -0.2) is 22.7 Å². The first kappa shape index (κ1) is 19.9. The van der Waals surface area contributed by atoms with Crippen molar-refractivity contribution in [1.29, 1.82) is 0 Å². The van der Waals surface area contributed by atoms with Crippen molar-refractivity contribution >= 4 is 28.6 Å². The summed E-state index contributed by atoms with van der Waals surface area (Å²) in [4.78, 5) is 15.5. The van der Waals surface area contributed by atoms with Crippen LogP contribution < -0.4 is 10.1 Å². The van der Waals surface area contributed by atoms with E-state index >= 15 is 0 Å². The molecule has 6 heteroatoms. The van der Waals surface area contributed by atoms with Crippen molar-refractivity contribution in [3.8, 4) is 22.6 Å². The Labute approximate surface area is 179 Å². The van der Waals surface area contributed by atoms with E-state index in [1.54, 1.807) is 30.3 Å². The number of para-hydroxylation sites is 1. The van der Waals surface area contributed by atoms with Gasteiger partial charge in [-0.3, -0.25) is 0 Å². The van der Waals surface area contributed by atoms with Gasteiger partial charge in [0.15, 0.2) is 0 Å². The average molecular weight is 421 g/mol. The minimum absolute atomic E-state index is 0.208. The van der Waals surface area contributed by atoms with E-state index in [1.807, 2.05) is 43.3 Å². The highest BCUT2D eigenvalue weighted by Gasteiger charge is 2.11. The molecule has 4 rings (SSSR count). The van der Waals surface area contributed by atoms with E-state index in [4.69, 9.17) is 16.3 Å². The summed E-state index contributed by atoms with van der Waals surface area (Å²) in [5.41, 5.74) is 4.90. The van der Waals surface area contributed by atoms with Crippen molar-refractivity contribution in [2.75, 3.05) is 6.54 Å². The van der Waals surface area contributed by atoms with Crippen LogP contribution in [0.2, 0.25) is 5.02 Å². The quantitative estimate of drug-likeness (QED) is 0.380. The summed E-state index contributed by atoms with van der Waals surface area (Å²) < 4.78 is 5.36. The number of nitrogens with one attached hydrogen (secondary N) is 2. The second-order valence-electron chi connectivity index (χ2n) is 7.03. The first-order chi connectivity index (χ1) is 14.5.